The summed E-state index contributed by atoms with van der Waals surface area (Å²) >= 11 is 0. The van der Waals surface area contributed by atoms with Crippen molar-refractivity contribution in [3.63, 3.8) is 0 Å². The number of aliphatic hydroxyl groups is 1. The van der Waals surface area contributed by atoms with Crippen molar-refractivity contribution < 1.29 is 19.4 Å². The molecule has 13 heavy (non-hydrogen) atoms. The first kappa shape index (κ1) is 9.94. The molecule has 1 aliphatic heterocycles. The Bertz CT molecular complexity index is 219. The molecule has 1 unspecified atom stereocenters. The van der Waals surface area contributed by atoms with Gasteiger partial charge in [0.15, 0.2) is 0 Å². The predicted molar refractivity (Wildman–Crippen MR) is 42.6 cm³/mol. The number of primary amides is 1. The second-order valence-electron chi connectivity index (χ2n) is 2.79. The Morgan fingerprint density at radius 2 is 2.31 bits per heavy atom. The lowest BCUT2D eigenvalue weighted by Gasteiger charge is -2.30. The average Bonchev–Trinajstić information content (AvgIpc) is 2.16. The number of nitrogens with zero attached hydrogens (tertiary/aromatic N) is 1. The van der Waals surface area contributed by atoms with Gasteiger partial charge >= 0.3 is 11.8 Å². The van der Waals surface area contributed by atoms with Crippen LogP contribution in [-0.4, -0.2) is 54.2 Å². The molecule has 1 aliphatic rings. The fraction of sp³-hybridized carbons (Fsp3) is 0.714. The standard InChI is InChI=1S/C7H12N2O4/c8-6(11)7(12)9-1-2-13-5(3-9)4-10/h5,10H,1-4H2,(H2,8,11). The summed E-state index contributed by atoms with van der Waals surface area (Å²) in [6.07, 6.45) is -0.406. The Morgan fingerprint density at radius 3 is 2.85 bits per heavy atom. The van der Waals surface area contributed by atoms with Gasteiger partial charge in [0.05, 0.1) is 19.3 Å². The van der Waals surface area contributed by atoms with E-state index in [1.54, 1.807) is 0 Å². The smallest absolute Gasteiger partial charge is 0.311 e. The third-order valence-electron chi connectivity index (χ3n) is 1.84. The van der Waals surface area contributed by atoms with Crippen LogP contribution in [0.2, 0.25) is 0 Å². The van der Waals surface area contributed by atoms with Crippen molar-refractivity contribution in [2.75, 3.05) is 26.3 Å². The molecule has 74 valence electrons. The molecular formula is C7H12N2O4. The van der Waals surface area contributed by atoms with Crippen LogP contribution in [0.15, 0.2) is 0 Å². The van der Waals surface area contributed by atoms with E-state index in [0.29, 0.717) is 13.2 Å². The number of carbonyl (C=O) groups excluding carboxylic acids is 2. The Labute approximate surface area is 75.3 Å². The number of nitrogens with two attached hydrogens (primary N) is 1. The van der Waals surface area contributed by atoms with Crippen LogP contribution < -0.4 is 5.73 Å². The molecular weight excluding hydrogens is 176 g/mol. The second-order valence-corrected chi connectivity index (χ2v) is 2.79. The Hall–Kier alpha value is -1.14. The van der Waals surface area contributed by atoms with Crippen LogP contribution >= 0.6 is 0 Å². The monoisotopic (exact) mass is 188 g/mol. The van der Waals surface area contributed by atoms with Gasteiger partial charge in [0.2, 0.25) is 0 Å². The summed E-state index contributed by atoms with van der Waals surface area (Å²) in [4.78, 5) is 22.9. The molecule has 1 fully saturated rings. The van der Waals surface area contributed by atoms with Crippen LogP contribution in [0.4, 0.5) is 0 Å². The average molecular weight is 188 g/mol. The largest absolute Gasteiger partial charge is 0.394 e. The minimum atomic E-state index is -0.974. The van der Waals surface area contributed by atoms with Crippen molar-refractivity contribution in [1.82, 2.24) is 4.90 Å². The van der Waals surface area contributed by atoms with E-state index in [1.165, 1.54) is 4.90 Å². The van der Waals surface area contributed by atoms with E-state index in [2.05, 4.69) is 0 Å². The zero-order chi connectivity index (χ0) is 9.84. The summed E-state index contributed by atoms with van der Waals surface area (Å²) in [7, 11) is 0. The van der Waals surface area contributed by atoms with Gasteiger partial charge in [0, 0.05) is 13.1 Å². The molecule has 6 nitrogen and oxygen atoms in total. The van der Waals surface area contributed by atoms with Crippen LogP contribution in [0.3, 0.4) is 0 Å². The van der Waals surface area contributed by atoms with Gasteiger partial charge in [-0.05, 0) is 0 Å². The first-order valence-electron chi connectivity index (χ1n) is 3.96. The summed E-state index contributed by atoms with van der Waals surface area (Å²) in [5.41, 5.74) is 4.82. The molecule has 0 spiro atoms. The van der Waals surface area contributed by atoms with Gasteiger partial charge in [-0.2, -0.15) is 0 Å². The molecule has 0 aromatic carbocycles. The molecule has 0 aromatic heterocycles. The molecule has 1 rings (SSSR count). The Morgan fingerprint density at radius 1 is 1.62 bits per heavy atom. The van der Waals surface area contributed by atoms with Crippen molar-refractivity contribution in [3.05, 3.63) is 0 Å². The first-order chi connectivity index (χ1) is 6.15. The number of morpholine rings is 1. The highest BCUT2D eigenvalue weighted by Crippen LogP contribution is 2.04. The zero-order valence-corrected chi connectivity index (χ0v) is 7.10. The van der Waals surface area contributed by atoms with Gasteiger partial charge in [-0.15, -0.1) is 0 Å². The van der Waals surface area contributed by atoms with Crippen molar-refractivity contribution in [1.29, 1.82) is 0 Å². The molecule has 0 radical (unpaired) electrons. The summed E-state index contributed by atoms with van der Waals surface area (Å²) in [6.45, 7) is 0.726. The topological polar surface area (TPSA) is 92.9 Å². The lowest BCUT2D eigenvalue weighted by Crippen LogP contribution is -2.50. The molecule has 0 saturated carbocycles. The highest BCUT2D eigenvalue weighted by Gasteiger charge is 2.26. The maximum absolute atomic E-state index is 11.1. The summed E-state index contributed by atoms with van der Waals surface area (Å²) in [5.74, 6) is -1.69. The highest BCUT2D eigenvalue weighted by atomic mass is 16.5. The van der Waals surface area contributed by atoms with Gasteiger partial charge in [-0.1, -0.05) is 0 Å². The van der Waals surface area contributed by atoms with Gasteiger partial charge in [-0.3, -0.25) is 9.59 Å². The lowest BCUT2D eigenvalue weighted by atomic mass is 10.3. The van der Waals surface area contributed by atoms with E-state index in [1.807, 2.05) is 0 Å². The third-order valence-corrected chi connectivity index (χ3v) is 1.84. The molecule has 1 saturated heterocycles. The minimum absolute atomic E-state index is 0.164. The number of carbonyl (C=O) groups is 2. The van der Waals surface area contributed by atoms with Crippen LogP contribution in [0, 0.1) is 0 Å². The van der Waals surface area contributed by atoms with E-state index in [-0.39, 0.29) is 13.2 Å². The highest BCUT2D eigenvalue weighted by molar-refractivity contribution is 6.34. The lowest BCUT2D eigenvalue weighted by molar-refractivity contribution is -0.150. The number of amides is 2. The first-order valence-corrected chi connectivity index (χ1v) is 3.96. The van der Waals surface area contributed by atoms with Crippen LogP contribution in [-0.2, 0) is 14.3 Å². The molecule has 1 heterocycles. The number of hydrogen-bond acceptors (Lipinski definition) is 4. The number of rotatable bonds is 1. The van der Waals surface area contributed by atoms with Crippen molar-refractivity contribution in [3.8, 4) is 0 Å². The number of hydrogen-bond donors (Lipinski definition) is 2. The summed E-state index contributed by atoms with van der Waals surface area (Å²) in [6, 6.07) is 0. The van der Waals surface area contributed by atoms with Gasteiger partial charge in [-0.25, -0.2) is 0 Å². The van der Waals surface area contributed by atoms with Crippen LogP contribution in [0.5, 0.6) is 0 Å². The fourth-order valence-corrected chi connectivity index (χ4v) is 1.17. The number of aliphatic hydroxyl groups excluding tert-OH is 1. The second kappa shape index (κ2) is 4.20. The SMILES string of the molecule is NC(=O)C(=O)N1CCOC(CO)C1. The van der Waals surface area contributed by atoms with E-state index in [4.69, 9.17) is 15.6 Å². The normalized spacial score (nSPS) is 22.8. The molecule has 0 aromatic rings. The van der Waals surface area contributed by atoms with Crippen molar-refractivity contribution >= 4 is 11.8 Å². The maximum atomic E-state index is 11.1. The molecule has 0 aliphatic carbocycles. The van der Waals surface area contributed by atoms with Gasteiger partial charge in [0.25, 0.3) is 0 Å². The maximum Gasteiger partial charge on any atom is 0.311 e. The van der Waals surface area contributed by atoms with Crippen molar-refractivity contribution in [2.45, 2.75) is 6.10 Å². The zero-order valence-electron chi connectivity index (χ0n) is 7.10. The quantitative estimate of drug-likeness (QED) is 0.452. The van der Waals surface area contributed by atoms with E-state index in [9.17, 15) is 9.59 Å². The van der Waals surface area contributed by atoms with E-state index in [0.717, 1.165) is 0 Å². The number of ether oxygens (including phenoxy) is 1. The molecule has 2 amide bonds. The Balaban J connectivity index is 2.51. The molecule has 1 atom stereocenters. The van der Waals surface area contributed by atoms with Crippen molar-refractivity contribution in [2.24, 2.45) is 5.73 Å². The van der Waals surface area contributed by atoms with E-state index >= 15 is 0 Å². The van der Waals surface area contributed by atoms with Gasteiger partial charge < -0.3 is 20.5 Å². The molecule has 6 heteroatoms. The van der Waals surface area contributed by atoms with Gasteiger partial charge in [0.1, 0.15) is 0 Å². The molecule has 0 bridgehead atoms. The predicted octanol–water partition coefficient (Wildman–Crippen LogP) is -2.31. The Kier molecular flexibility index (Phi) is 3.21. The summed E-state index contributed by atoms with van der Waals surface area (Å²) < 4.78 is 5.09. The van der Waals surface area contributed by atoms with Crippen LogP contribution in [0.25, 0.3) is 0 Å². The van der Waals surface area contributed by atoms with Crippen LogP contribution in [0.1, 0.15) is 0 Å². The fourth-order valence-electron chi connectivity index (χ4n) is 1.17. The summed E-state index contributed by atoms with van der Waals surface area (Å²) in [5, 5.41) is 8.75. The molecule has 3 N–H and O–H groups in total. The minimum Gasteiger partial charge on any atom is -0.394 e. The van der Waals surface area contributed by atoms with E-state index < -0.39 is 17.9 Å². The third kappa shape index (κ3) is 2.40.